The van der Waals surface area contributed by atoms with Gasteiger partial charge in [0.25, 0.3) is 0 Å². The van der Waals surface area contributed by atoms with Crippen molar-refractivity contribution in [2.45, 2.75) is 19.4 Å². The first-order chi connectivity index (χ1) is 12.7. The molecule has 0 saturated carbocycles. The Morgan fingerprint density at radius 2 is 1.73 bits per heavy atom. The van der Waals surface area contributed by atoms with E-state index in [0.29, 0.717) is 17.2 Å². The number of rotatable bonds is 6. The molecule has 2 aromatic rings. The SMILES string of the molecule is COc1ccc(NC(=O)Nc2ccc(CN3CCCC3)cc2)c(OC)c1. The molecule has 138 valence electrons. The highest BCUT2D eigenvalue weighted by atomic mass is 16.5. The molecule has 0 spiro atoms. The van der Waals surface area contributed by atoms with Crippen molar-refractivity contribution in [2.24, 2.45) is 0 Å². The normalized spacial score (nSPS) is 14.1. The molecule has 2 aromatic carbocycles. The monoisotopic (exact) mass is 355 g/mol. The highest BCUT2D eigenvalue weighted by Gasteiger charge is 2.12. The minimum Gasteiger partial charge on any atom is -0.497 e. The highest BCUT2D eigenvalue weighted by molar-refractivity contribution is 6.00. The third-order valence-corrected chi connectivity index (χ3v) is 4.47. The van der Waals surface area contributed by atoms with E-state index in [0.717, 1.165) is 12.2 Å². The topological polar surface area (TPSA) is 62.8 Å². The summed E-state index contributed by atoms with van der Waals surface area (Å²) in [5.74, 6) is 1.21. The van der Waals surface area contributed by atoms with Crippen LogP contribution in [0.5, 0.6) is 11.5 Å². The highest BCUT2D eigenvalue weighted by Crippen LogP contribution is 2.29. The first kappa shape index (κ1) is 18.1. The Kier molecular flexibility index (Phi) is 5.96. The molecule has 0 radical (unpaired) electrons. The van der Waals surface area contributed by atoms with E-state index in [-0.39, 0.29) is 6.03 Å². The maximum Gasteiger partial charge on any atom is 0.323 e. The van der Waals surface area contributed by atoms with Crippen molar-refractivity contribution >= 4 is 17.4 Å². The van der Waals surface area contributed by atoms with Gasteiger partial charge in [-0.1, -0.05) is 12.1 Å². The second-order valence-electron chi connectivity index (χ2n) is 6.33. The Morgan fingerprint density at radius 3 is 2.38 bits per heavy atom. The lowest BCUT2D eigenvalue weighted by Crippen LogP contribution is -2.20. The summed E-state index contributed by atoms with van der Waals surface area (Å²) < 4.78 is 10.4. The molecule has 1 saturated heterocycles. The smallest absolute Gasteiger partial charge is 0.323 e. The number of amides is 2. The number of nitrogens with one attached hydrogen (secondary N) is 2. The molecule has 0 atom stereocenters. The molecule has 1 aliphatic heterocycles. The third-order valence-electron chi connectivity index (χ3n) is 4.47. The number of ether oxygens (including phenoxy) is 2. The molecule has 3 rings (SSSR count). The fourth-order valence-corrected chi connectivity index (χ4v) is 3.08. The van der Waals surface area contributed by atoms with Gasteiger partial charge in [0.15, 0.2) is 0 Å². The van der Waals surface area contributed by atoms with Crippen LogP contribution >= 0.6 is 0 Å². The first-order valence-corrected chi connectivity index (χ1v) is 8.79. The maximum atomic E-state index is 12.3. The van der Waals surface area contributed by atoms with Gasteiger partial charge in [0.1, 0.15) is 11.5 Å². The van der Waals surface area contributed by atoms with E-state index in [4.69, 9.17) is 9.47 Å². The minimum absolute atomic E-state index is 0.319. The lowest BCUT2D eigenvalue weighted by Gasteiger charge is -2.15. The van der Waals surface area contributed by atoms with Crippen LogP contribution in [-0.4, -0.2) is 38.2 Å². The molecule has 1 fully saturated rings. The molecular formula is C20H25N3O3. The minimum atomic E-state index is -0.319. The quantitative estimate of drug-likeness (QED) is 0.824. The molecular weight excluding hydrogens is 330 g/mol. The zero-order valence-electron chi connectivity index (χ0n) is 15.2. The van der Waals surface area contributed by atoms with Crippen LogP contribution in [0, 0.1) is 0 Å². The largest absolute Gasteiger partial charge is 0.497 e. The van der Waals surface area contributed by atoms with Gasteiger partial charge in [0.2, 0.25) is 0 Å². The molecule has 1 heterocycles. The van der Waals surface area contributed by atoms with Gasteiger partial charge >= 0.3 is 6.03 Å². The molecule has 2 amide bonds. The second-order valence-corrected chi connectivity index (χ2v) is 6.33. The zero-order valence-corrected chi connectivity index (χ0v) is 15.2. The Morgan fingerprint density at radius 1 is 1.00 bits per heavy atom. The Bertz CT molecular complexity index is 740. The average Bonchev–Trinajstić information content (AvgIpc) is 3.16. The summed E-state index contributed by atoms with van der Waals surface area (Å²) in [6, 6.07) is 12.9. The molecule has 0 bridgehead atoms. The van der Waals surface area contributed by atoms with E-state index in [2.05, 4.69) is 27.7 Å². The second kappa shape index (κ2) is 8.58. The lowest BCUT2D eigenvalue weighted by atomic mass is 10.2. The van der Waals surface area contributed by atoms with Crippen LogP contribution in [0.2, 0.25) is 0 Å². The van der Waals surface area contributed by atoms with Crippen molar-refractivity contribution in [1.82, 2.24) is 4.90 Å². The number of benzene rings is 2. The number of likely N-dealkylation sites (tertiary alicyclic amines) is 1. The van der Waals surface area contributed by atoms with Crippen LogP contribution in [0.4, 0.5) is 16.2 Å². The molecule has 0 aliphatic carbocycles. The zero-order chi connectivity index (χ0) is 18.4. The summed E-state index contributed by atoms with van der Waals surface area (Å²) in [5.41, 5.74) is 2.59. The number of methoxy groups -OCH3 is 2. The van der Waals surface area contributed by atoms with Crippen LogP contribution in [0.25, 0.3) is 0 Å². The predicted molar refractivity (Wildman–Crippen MR) is 103 cm³/mol. The summed E-state index contributed by atoms with van der Waals surface area (Å²) in [5, 5.41) is 5.64. The van der Waals surface area contributed by atoms with Crippen LogP contribution in [0.15, 0.2) is 42.5 Å². The van der Waals surface area contributed by atoms with Crippen molar-refractivity contribution in [3.63, 3.8) is 0 Å². The van der Waals surface area contributed by atoms with Crippen molar-refractivity contribution in [3.05, 3.63) is 48.0 Å². The summed E-state index contributed by atoms with van der Waals surface area (Å²) in [4.78, 5) is 14.7. The Hall–Kier alpha value is -2.73. The molecule has 0 aromatic heterocycles. The number of hydrogen-bond acceptors (Lipinski definition) is 4. The van der Waals surface area contributed by atoms with Crippen molar-refractivity contribution in [2.75, 3.05) is 37.9 Å². The van der Waals surface area contributed by atoms with Gasteiger partial charge in [-0.2, -0.15) is 0 Å². The predicted octanol–water partition coefficient (Wildman–Crippen LogP) is 3.94. The van der Waals surface area contributed by atoms with Gasteiger partial charge in [0, 0.05) is 18.3 Å². The number of hydrogen-bond donors (Lipinski definition) is 2. The van der Waals surface area contributed by atoms with E-state index in [9.17, 15) is 4.79 Å². The summed E-state index contributed by atoms with van der Waals surface area (Å²) in [6.45, 7) is 3.31. The van der Waals surface area contributed by atoms with Crippen LogP contribution in [0.1, 0.15) is 18.4 Å². The summed E-state index contributed by atoms with van der Waals surface area (Å²) in [6.07, 6.45) is 2.57. The van der Waals surface area contributed by atoms with Crippen LogP contribution < -0.4 is 20.1 Å². The van der Waals surface area contributed by atoms with Crippen LogP contribution in [0.3, 0.4) is 0 Å². The summed E-state index contributed by atoms with van der Waals surface area (Å²) in [7, 11) is 3.14. The number of anilines is 2. The van der Waals surface area contributed by atoms with Gasteiger partial charge in [-0.05, 0) is 55.8 Å². The first-order valence-electron chi connectivity index (χ1n) is 8.79. The van der Waals surface area contributed by atoms with Crippen molar-refractivity contribution in [1.29, 1.82) is 0 Å². The summed E-state index contributed by atoms with van der Waals surface area (Å²) >= 11 is 0. The molecule has 1 aliphatic rings. The van der Waals surface area contributed by atoms with Gasteiger partial charge in [-0.3, -0.25) is 4.90 Å². The van der Waals surface area contributed by atoms with Gasteiger partial charge < -0.3 is 20.1 Å². The fourth-order valence-electron chi connectivity index (χ4n) is 3.08. The lowest BCUT2D eigenvalue weighted by molar-refractivity contribution is 0.262. The van der Waals surface area contributed by atoms with Crippen molar-refractivity contribution in [3.8, 4) is 11.5 Å². The Balaban J connectivity index is 1.57. The third kappa shape index (κ3) is 4.67. The number of urea groups is 1. The number of carbonyl (C=O) groups is 1. The van der Waals surface area contributed by atoms with E-state index in [1.807, 2.05) is 12.1 Å². The molecule has 26 heavy (non-hydrogen) atoms. The van der Waals surface area contributed by atoms with Gasteiger partial charge in [-0.15, -0.1) is 0 Å². The molecule has 6 nitrogen and oxygen atoms in total. The van der Waals surface area contributed by atoms with E-state index < -0.39 is 0 Å². The number of carbonyl (C=O) groups excluding carboxylic acids is 1. The molecule has 6 heteroatoms. The molecule has 2 N–H and O–H groups in total. The maximum absolute atomic E-state index is 12.3. The fraction of sp³-hybridized carbons (Fsp3) is 0.350. The average molecular weight is 355 g/mol. The van der Waals surface area contributed by atoms with E-state index in [1.165, 1.54) is 31.5 Å². The van der Waals surface area contributed by atoms with Crippen molar-refractivity contribution < 1.29 is 14.3 Å². The van der Waals surface area contributed by atoms with Gasteiger partial charge in [0.05, 0.1) is 19.9 Å². The van der Waals surface area contributed by atoms with E-state index in [1.54, 1.807) is 32.4 Å². The standard InChI is InChI=1S/C20H25N3O3/c1-25-17-9-10-18(19(13-17)26-2)22-20(24)21-16-7-5-15(6-8-16)14-23-11-3-4-12-23/h5-10,13H,3-4,11-12,14H2,1-2H3,(H2,21,22,24). The van der Waals surface area contributed by atoms with E-state index >= 15 is 0 Å². The Labute approximate surface area is 154 Å². The van der Waals surface area contributed by atoms with Crippen LogP contribution in [-0.2, 0) is 6.54 Å². The number of nitrogens with zero attached hydrogens (tertiary/aromatic N) is 1. The molecule has 0 unspecified atom stereocenters. The van der Waals surface area contributed by atoms with Gasteiger partial charge in [-0.25, -0.2) is 4.79 Å².